The van der Waals surface area contributed by atoms with Crippen LogP contribution in [0, 0.1) is 17.5 Å². The molecule has 2 aliphatic rings. The number of halogens is 3. The number of aromatic nitrogens is 3. The van der Waals surface area contributed by atoms with Gasteiger partial charge in [0.2, 0.25) is 0 Å². The van der Waals surface area contributed by atoms with Gasteiger partial charge in [-0.15, -0.1) is 0 Å². The molecule has 2 bridgehead atoms. The van der Waals surface area contributed by atoms with Gasteiger partial charge in [-0.2, -0.15) is 5.10 Å². The molecule has 1 saturated heterocycles. The number of carbonyl (C=O) groups is 1. The predicted molar refractivity (Wildman–Crippen MR) is 110 cm³/mol. The highest BCUT2D eigenvalue weighted by molar-refractivity contribution is 5.93. The molecule has 0 saturated carbocycles. The zero-order valence-corrected chi connectivity index (χ0v) is 17.6. The molecule has 9 heteroatoms. The molecule has 2 aromatic heterocycles. The number of piperidine rings is 1. The van der Waals surface area contributed by atoms with Crippen molar-refractivity contribution < 1.29 is 22.7 Å². The van der Waals surface area contributed by atoms with Gasteiger partial charge in [-0.3, -0.25) is 9.48 Å². The number of rotatable bonds is 3. The van der Waals surface area contributed by atoms with E-state index in [0.717, 1.165) is 37.0 Å². The Morgan fingerprint density at radius 1 is 1.16 bits per heavy atom. The maximum absolute atomic E-state index is 13.9. The summed E-state index contributed by atoms with van der Waals surface area (Å²) >= 11 is 0. The maximum atomic E-state index is 13.9. The first-order chi connectivity index (χ1) is 15.4. The molecule has 0 spiro atoms. The minimum absolute atomic E-state index is 0.0873. The Morgan fingerprint density at radius 3 is 2.56 bits per heavy atom. The van der Waals surface area contributed by atoms with Crippen LogP contribution in [-0.2, 0) is 13.5 Å². The highest BCUT2D eigenvalue weighted by Crippen LogP contribution is 2.45. The Labute approximate surface area is 182 Å². The summed E-state index contributed by atoms with van der Waals surface area (Å²) in [6, 6.07) is 4.97. The molecule has 3 aromatic rings. The molecule has 2 atom stereocenters. The molecule has 2 aliphatic heterocycles. The lowest BCUT2D eigenvalue weighted by atomic mass is 9.81. The van der Waals surface area contributed by atoms with Gasteiger partial charge in [0.15, 0.2) is 17.5 Å². The van der Waals surface area contributed by atoms with Crippen molar-refractivity contribution >= 4 is 5.91 Å². The first kappa shape index (κ1) is 20.5. The monoisotopic (exact) mass is 442 g/mol. The number of methoxy groups -OCH3 is 1. The fourth-order valence-corrected chi connectivity index (χ4v) is 4.96. The van der Waals surface area contributed by atoms with Gasteiger partial charge in [0.25, 0.3) is 5.91 Å². The van der Waals surface area contributed by atoms with E-state index < -0.39 is 17.5 Å². The van der Waals surface area contributed by atoms with Crippen LogP contribution in [0.3, 0.4) is 0 Å². The minimum Gasteiger partial charge on any atom is -0.495 e. The third-order valence-corrected chi connectivity index (χ3v) is 6.36. The summed E-state index contributed by atoms with van der Waals surface area (Å²) in [5.41, 5.74) is 2.66. The summed E-state index contributed by atoms with van der Waals surface area (Å²) in [6.07, 6.45) is 4.49. The lowest BCUT2D eigenvalue weighted by Gasteiger charge is -2.45. The van der Waals surface area contributed by atoms with E-state index in [4.69, 9.17) is 4.74 Å². The molecule has 166 valence electrons. The van der Waals surface area contributed by atoms with E-state index in [9.17, 15) is 18.0 Å². The fourth-order valence-electron chi connectivity index (χ4n) is 4.96. The van der Waals surface area contributed by atoms with Crippen molar-refractivity contribution in [1.82, 2.24) is 19.7 Å². The van der Waals surface area contributed by atoms with Crippen LogP contribution in [0.4, 0.5) is 13.2 Å². The van der Waals surface area contributed by atoms with Gasteiger partial charge in [0, 0.05) is 24.2 Å². The van der Waals surface area contributed by atoms with Crippen molar-refractivity contribution in [2.75, 3.05) is 7.11 Å². The van der Waals surface area contributed by atoms with Crippen LogP contribution in [-0.4, -0.2) is 38.7 Å². The summed E-state index contributed by atoms with van der Waals surface area (Å²) in [6.45, 7) is 0. The smallest absolute Gasteiger partial charge is 0.273 e. The summed E-state index contributed by atoms with van der Waals surface area (Å²) in [7, 11) is 3.22. The van der Waals surface area contributed by atoms with E-state index in [1.54, 1.807) is 23.9 Å². The molecule has 32 heavy (non-hydrogen) atoms. The number of ether oxygens (including phenoxy) is 1. The number of amides is 1. The van der Waals surface area contributed by atoms with Crippen molar-refractivity contribution in [3.05, 3.63) is 64.9 Å². The second-order valence-corrected chi connectivity index (χ2v) is 8.19. The van der Waals surface area contributed by atoms with E-state index in [0.29, 0.717) is 29.3 Å². The lowest BCUT2D eigenvalue weighted by Crippen LogP contribution is -2.50. The molecule has 1 amide bonds. The molecule has 2 unspecified atom stereocenters. The Bertz CT molecular complexity index is 1190. The zero-order chi connectivity index (χ0) is 22.6. The number of pyridine rings is 1. The van der Waals surface area contributed by atoms with E-state index in [-0.39, 0.29) is 23.6 Å². The summed E-state index contributed by atoms with van der Waals surface area (Å²) < 4.78 is 48.0. The topological polar surface area (TPSA) is 60.2 Å². The van der Waals surface area contributed by atoms with Gasteiger partial charge in [-0.05, 0) is 49.9 Å². The van der Waals surface area contributed by atoms with Crippen LogP contribution in [0.2, 0.25) is 0 Å². The highest BCUT2D eigenvalue weighted by atomic mass is 19.2. The lowest BCUT2D eigenvalue weighted by molar-refractivity contribution is 0.0386. The maximum Gasteiger partial charge on any atom is 0.273 e. The van der Waals surface area contributed by atoms with Crippen molar-refractivity contribution in [3.8, 4) is 17.0 Å². The average molecular weight is 442 g/mol. The fraction of sp³-hybridized carbons (Fsp3) is 0.348. The van der Waals surface area contributed by atoms with Crippen molar-refractivity contribution in [3.63, 3.8) is 0 Å². The Hall–Kier alpha value is -3.36. The van der Waals surface area contributed by atoms with Crippen LogP contribution in [0.15, 0.2) is 30.5 Å². The molecule has 0 radical (unpaired) electrons. The predicted octanol–water partition coefficient (Wildman–Crippen LogP) is 4.20. The second kappa shape index (κ2) is 7.65. The number of carbonyl (C=O) groups excluding carboxylic acids is 1. The first-order valence-electron chi connectivity index (χ1n) is 10.4. The van der Waals surface area contributed by atoms with Crippen molar-refractivity contribution in [1.29, 1.82) is 0 Å². The van der Waals surface area contributed by atoms with Crippen LogP contribution < -0.4 is 4.74 Å². The molecule has 1 fully saturated rings. The normalized spacial score (nSPS) is 19.6. The Morgan fingerprint density at radius 2 is 1.91 bits per heavy atom. The van der Waals surface area contributed by atoms with Crippen LogP contribution in [0.5, 0.6) is 5.75 Å². The first-order valence-corrected chi connectivity index (χ1v) is 10.4. The number of aryl methyl sites for hydroxylation is 1. The van der Waals surface area contributed by atoms with E-state index in [2.05, 4.69) is 10.1 Å². The number of benzene rings is 1. The van der Waals surface area contributed by atoms with Gasteiger partial charge >= 0.3 is 0 Å². The zero-order valence-electron chi connectivity index (χ0n) is 17.6. The van der Waals surface area contributed by atoms with Crippen LogP contribution in [0.1, 0.15) is 47.1 Å². The van der Waals surface area contributed by atoms with Crippen molar-refractivity contribution in [2.45, 2.75) is 37.8 Å². The number of hydrogen-bond acceptors (Lipinski definition) is 4. The van der Waals surface area contributed by atoms with Crippen molar-refractivity contribution in [2.24, 2.45) is 7.05 Å². The second-order valence-electron chi connectivity index (χ2n) is 8.19. The SMILES string of the molecule is COc1ccc(C(=O)N2C3CCCC2c2nn(C)c(-c4cc(F)c(F)c(F)c4)c2C3)nc1. The van der Waals surface area contributed by atoms with Gasteiger partial charge in [-0.25, -0.2) is 18.2 Å². The summed E-state index contributed by atoms with van der Waals surface area (Å²) in [4.78, 5) is 19.4. The minimum atomic E-state index is -1.49. The Balaban J connectivity index is 1.56. The highest BCUT2D eigenvalue weighted by Gasteiger charge is 2.44. The third-order valence-electron chi connectivity index (χ3n) is 6.36. The number of hydrogen-bond donors (Lipinski definition) is 0. The van der Waals surface area contributed by atoms with Gasteiger partial charge in [0.05, 0.1) is 30.7 Å². The number of nitrogens with zero attached hydrogens (tertiary/aromatic N) is 4. The molecule has 4 heterocycles. The third kappa shape index (κ3) is 3.14. The molecular weight excluding hydrogens is 421 g/mol. The number of fused-ring (bicyclic) bond motifs is 4. The molecule has 0 N–H and O–H groups in total. The molecular formula is C23H21F3N4O2. The van der Waals surface area contributed by atoms with Gasteiger partial charge < -0.3 is 9.64 Å². The summed E-state index contributed by atoms with van der Waals surface area (Å²) in [5, 5.41) is 4.63. The molecule has 5 rings (SSSR count). The van der Waals surface area contributed by atoms with E-state index in [1.807, 2.05) is 4.90 Å². The van der Waals surface area contributed by atoms with Gasteiger partial charge in [-0.1, -0.05) is 0 Å². The standard InChI is InChI=1S/C23H21F3N4O2/c1-29-22(12-8-16(24)20(26)17(25)9-12)15-10-13-4-3-5-19(21(15)28-29)30(13)23(31)18-7-6-14(32-2)11-27-18/h6-9,11,13,19H,3-5,10H2,1-2H3. The van der Waals surface area contributed by atoms with E-state index >= 15 is 0 Å². The van der Waals surface area contributed by atoms with Crippen LogP contribution >= 0.6 is 0 Å². The summed E-state index contributed by atoms with van der Waals surface area (Å²) in [5.74, 6) is -3.60. The molecule has 0 aliphatic carbocycles. The van der Waals surface area contributed by atoms with Gasteiger partial charge in [0.1, 0.15) is 11.4 Å². The van der Waals surface area contributed by atoms with E-state index in [1.165, 1.54) is 13.3 Å². The average Bonchev–Trinajstić information content (AvgIpc) is 3.12. The molecule has 6 nitrogen and oxygen atoms in total. The largest absolute Gasteiger partial charge is 0.495 e. The Kier molecular flexibility index (Phi) is 4.91. The quantitative estimate of drug-likeness (QED) is 0.571. The van der Waals surface area contributed by atoms with Crippen LogP contribution in [0.25, 0.3) is 11.3 Å². The molecule has 1 aromatic carbocycles.